The molecule has 0 aliphatic heterocycles. The average Bonchev–Trinajstić information content (AvgIpc) is 2.80. The number of benzene rings is 2. The summed E-state index contributed by atoms with van der Waals surface area (Å²) in [5, 5.41) is 10.00. The van der Waals surface area contributed by atoms with E-state index in [1.54, 1.807) is 22.9 Å². The number of nitriles is 1. The molecule has 2 aromatic carbocycles. The minimum absolute atomic E-state index is 0.190. The fourth-order valence-electron chi connectivity index (χ4n) is 3.39. The predicted octanol–water partition coefficient (Wildman–Crippen LogP) is 4.95. The average molecular weight is 408 g/mol. The van der Waals surface area contributed by atoms with E-state index in [9.17, 15) is 10.1 Å². The Balaban J connectivity index is 2.14. The highest BCUT2D eigenvalue weighted by Gasteiger charge is 2.25. The second kappa shape index (κ2) is 8.11. The van der Waals surface area contributed by atoms with Crippen molar-refractivity contribution in [2.24, 2.45) is 0 Å². The van der Waals surface area contributed by atoms with E-state index in [4.69, 9.17) is 18.0 Å². The lowest BCUT2D eigenvalue weighted by Gasteiger charge is -2.19. The Kier molecular flexibility index (Phi) is 5.21. The number of nitrogens with two attached hydrogens (primary N) is 1. The molecule has 0 unspecified atom stereocenters. The van der Waals surface area contributed by atoms with Crippen molar-refractivity contribution in [3.05, 3.63) is 107 Å². The number of hydrogen-bond donors (Lipinski definition) is 1. The van der Waals surface area contributed by atoms with Crippen LogP contribution in [0.2, 0.25) is 0 Å². The van der Waals surface area contributed by atoms with E-state index in [0.717, 1.165) is 0 Å². The Hall–Kier alpha value is -4.08. The molecule has 5 nitrogen and oxygen atoms in total. The zero-order valence-corrected chi connectivity index (χ0v) is 16.6. The number of carbonyl (C=O) groups excluding carboxylic acids is 1. The number of para-hydroxylation sites is 1. The molecule has 0 radical (unpaired) electrons. The summed E-state index contributed by atoms with van der Waals surface area (Å²) in [6, 6.07) is 24.0. The summed E-state index contributed by atoms with van der Waals surface area (Å²) < 4.78 is 1.81. The highest BCUT2D eigenvalue weighted by atomic mass is 32.1. The smallest absolute Gasteiger partial charge is 0.198 e. The van der Waals surface area contributed by atoms with Crippen LogP contribution >= 0.6 is 12.2 Å². The van der Waals surface area contributed by atoms with Crippen molar-refractivity contribution in [2.75, 3.05) is 5.73 Å². The van der Waals surface area contributed by atoms with Crippen LogP contribution in [0, 0.1) is 16.0 Å². The van der Waals surface area contributed by atoms with Crippen LogP contribution in [-0.2, 0) is 0 Å². The Morgan fingerprint density at radius 1 is 1.00 bits per heavy atom. The molecule has 2 N–H and O–H groups in total. The molecule has 2 aromatic heterocycles. The van der Waals surface area contributed by atoms with Gasteiger partial charge in [0.05, 0.1) is 5.56 Å². The van der Waals surface area contributed by atoms with Gasteiger partial charge in [0.25, 0.3) is 0 Å². The molecule has 4 rings (SSSR count). The lowest BCUT2D eigenvalue weighted by molar-refractivity contribution is 0.103. The van der Waals surface area contributed by atoms with Gasteiger partial charge in [0.1, 0.15) is 22.1 Å². The number of anilines is 1. The molecule has 144 valence electrons. The number of carbonyl (C=O) groups is 1. The van der Waals surface area contributed by atoms with E-state index in [1.807, 2.05) is 60.7 Å². The summed E-state index contributed by atoms with van der Waals surface area (Å²) in [5.41, 5.74) is 9.06. The van der Waals surface area contributed by atoms with Crippen LogP contribution < -0.4 is 5.73 Å². The summed E-state index contributed by atoms with van der Waals surface area (Å²) in [7, 11) is 0. The van der Waals surface area contributed by atoms with E-state index >= 15 is 0 Å². The summed E-state index contributed by atoms with van der Waals surface area (Å²) in [5.74, 6) is -0.122. The third kappa shape index (κ3) is 3.28. The Morgan fingerprint density at radius 2 is 1.67 bits per heavy atom. The Bertz CT molecular complexity index is 1330. The van der Waals surface area contributed by atoms with Crippen LogP contribution in [0.3, 0.4) is 0 Å². The molecule has 0 fully saturated rings. The van der Waals surface area contributed by atoms with Gasteiger partial charge in [-0.1, -0.05) is 60.7 Å². The van der Waals surface area contributed by atoms with Crippen molar-refractivity contribution in [1.82, 2.24) is 9.55 Å². The van der Waals surface area contributed by atoms with Crippen molar-refractivity contribution < 1.29 is 4.79 Å². The highest BCUT2D eigenvalue weighted by Crippen LogP contribution is 2.35. The maximum absolute atomic E-state index is 13.6. The van der Waals surface area contributed by atoms with Gasteiger partial charge in [0.15, 0.2) is 5.78 Å². The summed E-state index contributed by atoms with van der Waals surface area (Å²) in [6.07, 6.45) is 3.08. The minimum atomic E-state index is -0.312. The van der Waals surface area contributed by atoms with Crippen molar-refractivity contribution in [3.8, 4) is 22.9 Å². The van der Waals surface area contributed by atoms with Gasteiger partial charge in [-0.15, -0.1) is 0 Å². The highest BCUT2D eigenvalue weighted by molar-refractivity contribution is 7.71. The van der Waals surface area contributed by atoms with E-state index in [0.29, 0.717) is 22.4 Å². The molecular formula is C24H16N4OS. The van der Waals surface area contributed by atoms with Gasteiger partial charge < -0.3 is 5.73 Å². The second-order valence-electron chi connectivity index (χ2n) is 6.54. The monoisotopic (exact) mass is 408 g/mol. The van der Waals surface area contributed by atoms with Crippen LogP contribution in [-0.4, -0.2) is 15.3 Å². The molecule has 0 atom stereocenters. The van der Waals surface area contributed by atoms with Crippen LogP contribution in [0.1, 0.15) is 21.5 Å². The fraction of sp³-hybridized carbons (Fsp3) is 0. The van der Waals surface area contributed by atoms with Crippen LogP contribution in [0.5, 0.6) is 0 Å². The van der Waals surface area contributed by atoms with E-state index in [1.165, 1.54) is 6.20 Å². The van der Waals surface area contributed by atoms with E-state index < -0.39 is 0 Å². The first-order chi connectivity index (χ1) is 14.6. The largest absolute Gasteiger partial charge is 0.384 e. The zero-order valence-electron chi connectivity index (χ0n) is 15.8. The number of pyridine rings is 2. The van der Waals surface area contributed by atoms with Gasteiger partial charge in [0, 0.05) is 29.2 Å². The van der Waals surface area contributed by atoms with Gasteiger partial charge in [-0.25, -0.2) is 0 Å². The van der Waals surface area contributed by atoms with Crippen LogP contribution in [0.25, 0.3) is 16.8 Å². The SMILES string of the molecule is N#Cc1c(-c2ccccc2)c(C(=O)c2cccnc2)c(=S)n(-c2ccccc2)c1N. The van der Waals surface area contributed by atoms with Crippen molar-refractivity contribution in [1.29, 1.82) is 5.26 Å². The van der Waals surface area contributed by atoms with Gasteiger partial charge in [-0.2, -0.15) is 5.26 Å². The summed E-state index contributed by atoms with van der Waals surface area (Å²) in [4.78, 5) is 17.6. The minimum Gasteiger partial charge on any atom is -0.384 e. The summed E-state index contributed by atoms with van der Waals surface area (Å²) in [6.45, 7) is 0. The number of rotatable bonds is 4. The number of nitrogens with zero attached hydrogens (tertiary/aromatic N) is 3. The fourth-order valence-corrected chi connectivity index (χ4v) is 3.78. The topological polar surface area (TPSA) is 84.7 Å². The van der Waals surface area contributed by atoms with Crippen LogP contribution in [0.4, 0.5) is 5.82 Å². The normalized spacial score (nSPS) is 10.4. The first-order valence-electron chi connectivity index (χ1n) is 9.17. The molecule has 0 saturated heterocycles. The molecule has 6 heteroatoms. The first-order valence-corrected chi connectivity index (χ1v) is 9.58. The Morgan fingerprint density at radius 3 is 2.27 bits per heavy atom. The standard InChI is InChI=1S/C24H16N4OS/c25-14-19-20(16-8-3-1-4-9-16)21(22(29)17-10-7-13-27-15-17)24(30)28(23(19)26)18-11-5-2-6-12-18/h1-13,15H,26H2. The second-order valence-corrected chi connectivity index (χ2v) is 6.92. The summed E-state index contributed by atoms with van der Waals surface area (Å²) >= 11 is 5.77. The molecule has 0 saturated carbocycles. The molecule has 2 heterocycles. The van der Waals surface area contributed by atoms with Crippen molar-refractivity contribution >= 4 is 23.8 Å². The number of hydrogen-bond acceptors (Lipinski definition) is 5. The molecule has 30 heavy (non-hydrogen) atoms. The predicted molar refractivity (Wildman–Crippen MR) is 119 cm³/mol. The third-order valence-electron chi connectivity index (χ3n) is 4.75. The zero-order chi connectivity index (χ0) is 21.1. The molecule has 0 aliphatic carbocycles. The van der Waals surface area contributed by atoms with Gasteiger partial charge in [0.2, 0.25) is 0 Å². The maximum Gasteiger partial charge on any atom is 0.198 e. The molecule has 0 spiro atoms. The number of aromatic nitrogens is 2. The van der Waals surface area contributed by atoms with Crippen LogP contribution in [0.15, 0.2) is 85.2 Å². The molecular weight excluding hydrogens is 392 g/mol. The Labute approximate surface area is 178 Å². The quantitative estimate of drug-likeness (QED) is 0.381. The van der Waals surface area contributed by atoms with E-state index in [-0.39, 0.29) is 27.4 Å². The van der Waals surface area contributed by atoms with E-state index in [2.05, 4.69) is 11.1 Å². The maximum atomic E-state index is 13.6. The molecule has 0 aliphatic rings. The molecule has 0 bridgehead atoms. The third-order valence-corrected chi connectivity index (χ3v) is 5.14. The molecule has 4 aromatic rings. The van der Waals surface area contributed by atoms with Gasteiger partial charge in [-0.3, -0.25) is 14.3 Å². The van der Waals surface area contributed by atoms with Crippen molar-refractivity contribution in [2.45, 2.75) is 0 Å². The first kappa shape index (κ1) is 19.2. The lowest BCUT2D eigenvalue weighted by Crippen LogP contribution is -2.16. The van der Waals surface area contributed by atoms with Crippen molar-refractivity contribution in [3.63, 3.8) is 0 Å². The number of ketones is 1. The number of nitrogen functional groups attached to an aromatic ring is 1. The van der Waals surface area contributed by atoms with Gasteiger partial charge in [-0.05, 0) is 29.8 Å². The molecule has 0 amide bonds. The lowest BCUT2D eigenvalue weighted by atomic mass is 9.92. The van der Waals surface area contributed by atoms with Gasteiger partial charge >= 0.3 is 0 Å².